The minimum atomic E-state index is 0.0531. The first kappa shape index (κ1) is 16.2. The summed E-state index contributed by atoms with van der Waals surface area (Å²) in [6.45, 7) is 4.73. The number of amides is 1. The second-order valence-electron chi connectivity index (χ2n) is 8.03. The maximum atomic E-state index is 12.3. The van der Waals surface area contributed by atoms with Crippen LogP contribution in [0.25, 0.3) is 0 Å². The predicted molar refractivity (Wildman–Crippen MR) is 95.9 cm³/mol. The molecule has 4 saturated heterocycles. The largest absolute Gasteiger partial charge is 0.381 e. The third kappa shape index (κ3) is 2.74. The molecular formula is C19H26N2O3S. The molecule has 0 saturated carbocycles. The normalized spacial score (nSPS) is 38.2. The molecule has 1 spiro atoms. The molecule has 0 aromatic carbocycles. The van der Waals surface area contributed by atoms with Gasteiger partial charge in [0.05, 0.1) is 11.7 Å². The first-order chi connectivity index (χ1) is 12.3. The van der Waals surface area contributed by atoms with Gasteiger partial charge in [-0.1, -0.05) is 0 Å². The maximum Gasteiger partial charge on any atom is 0.252 e. The lowest BCUT2D eigenvalue weighted by atomic mass is 9.73. The van der Waals surface area contributed by atoms with Crippen molar-refractivity contribution in [3.8, 4) is 0 Å². The number of nitrogens with one attached hydrogen (secondary N) is 1. The van der Waals surface area contributed by atoms with Crippen LogP contribution in [-0.4, -0.2) is 61.4 Å². The van der Waals surface area contributed by atoms with Crippen molar-refractivity contribution in [2.75, 3.05) is 32.8 Å². The van der Waals surface area contributed by atoms with Crippen molar-refractivity contribution in [1.82, 2.24) is 10.2 Å². The molecule has 1 amide bonds. The van der Waals surface area contributed by atoms with Gasteiger partial charge in [0, 0.05) is 61.7 Å². The van der Waals surface area contributed by atoms with Crippen molar-refractivity contribution in [1.29, 1.82) is 0 Å². The molecule has 1 aromatic rings. The molecule has 5 heterocycles. The molecule has 0 radical (unpaired) electrons. The molecule has 1 aromatic heterocycles. The van der Waals surface area contributed by atoms with Crippen LogP contribution in [0.2, 0.25) is 0 Å². The molecule has 4 fully saturated rings. The van der Waals surface area contributed by atoms with E-state index in [1.165, 1.54) is 6.42 Å². The first-order valence-corrected chi connectivity index (χ1v) is 10.5. The number of carbonyl (C=O) groups is 1. The number of thiophene rings is 1. The van der Waals surface area contributed by atoms with Crippen LogP contribution in [0.15, 0.2) is 16.8 Å². The summed E-state index contributed by atoms with van der Waals surface area (Å²) in [4.78, 5) is 15.0. The summed E-state index contributed by atoms with van der Waals surface area (Å²) in [5.74, 6) is 1.08. The van der Waals surface area contributed by atoms with E-state index >= 15 is 0 Å². The smallest absolute Gasteiger partial charge is 0.252 e. The lowest BCUT2D eigenvalue weighted by molar-refractivity contribution is -0.0122. The first-order valence-electron chi connectivity index (χ1n) is 9.55. The van der Waals surface area contributed by atoms with Crippen LogP contribution in [0.3, 0.4) is 0 Å². The van der Waals surface area contributed by atoms with Crippen LogP contribution in [0.1, 0.15) is 36.0 Å². The molecule has 6 heteroatoms. The van der Waals surface area contributed by atoms with Gasteiger partial charge >= 0.3 is 0 Å². The number of ether oxygens (including phenoxy) is 2. The summed E-state index contributed by atoms with van der Waals surface area (Å²) in [5, 5.41) is 7.03. The Kier molecular flexibility index (Phi) is 4.12. The summed E-state index contributed by atoms with van der Waals surface area (Å²) in [7, 11) is 0. The standard InChI is InChI=1S/C19H26N2O3S/c22-18(13-4-8-25-11-13)20-9-15-16-10-21(14-2-6-23-7-3-14)12-19(16)5-1-17(15)24-19/h4,8,11,14-17H,1-3,5-7,9-10,12H2,(H,20,22)/t15-,16+,17+,19+/m0/s1. The van der Waals surface area contributed by atoms with Gasteiger partial charge in [-0.2, -0.15) is 11.3 Å². The highest BCUT2D eigenvalue weighted by atomic mass is 32.1. The molecular weight excluding hydrogens is 336 g/mol. The van der Waals surface area contributed by atoms with E-state index in [0.717, 1.165) is 57.7 Å². The van der Waals surface area contributed by atoms with E-state index in [0.29, 0.717) is 24.0 Å². The molecule has 0 aliphatic carbocycles. The molecule has 5 rings (SSSR count). The van der Waals surface area contributed by atoms with Gasteiger partial charge in [0.25, 0.3) is 5.91 Å². The van der Waals surface area contributed by atoms with Crippen molar-refractivity contribution in [3.63, 3.8) is 0 Å². The average molecular weight is 362 g/mol. The van der Waals surface area contributed by atoms with Crippen LogP contribution >= 0.6 is 11.3 Å². The van der Waals surface area contributed by atoms with E-state index < -0.39 is 0 Å². The topological polar surface area (TPSA) is 50.8 Å². The van der Waals surface area contributed by atoms with Crippen LogP contribution in [0.5, 0.6) is 0 Å². The van der Waals surface area contributed by atoms with E-state index in [1.54, 1.807) is 11.3 Å². The summed E-state index contributed by atoms with van der Waals surface area (Å²) >= 11 is 1.57. The van der Waals surface area contributed by atoms with Crippen LogP contribution in [0.4, 0.5) is 0 Å². The molecule has 4 atom stereocenters. The number of nitrogens with zero attached hydrogens (tertiary/aromatic N) is 1. The van der Waals surface area contributed by atoms with E-state index in [1.807, 2.05) is 16.8 Å². The third-order valence-electron chi connectivity index (χ3n) is 6.80. The maximum absolute atomic E-state index is 12.3. The Hall–Kier alpha value is -0.950. The van der Waals surface area contributed by atoms with Gasteiger partial charge in [0.1, 0.15) is 0 Å². The molecule has 25 heavy (non-hydrogen) atoms. The van der Waals surface area contributed by atoms with Gasteiger partial charge in [0.15, 0.2) is 0 Å². The zero-order valence-corrected chi connectivity index (χ0v) is 15.3. The van der Waals surface area contributed by atoms with Gasteiger partial charge in [-0.25, -0.2) is 0 Å². The quantitative estimate of drug-likeness (QED) is 0.892. The van der Waals surface area contributed by atoms with Crippen molar-refractivity contribution in [2.45, 2.75) is 43.4 Å². The summed E-state index contributed by atoms with van der Waals surface area (Å²) in [6, 6.07) is 2.54. The molecule has 0 unspecified atom stereocenters. The summed E-state index contributed by atoms with van der Waals surface area (Å²) in [5.41, 5.74) is 0.833. The highest BCUT2D eigenvalue weighted by Gasteiger charge is 2.63. The number of fused-ring (bicyclic) bond motifs is 1. The highest BCUT2D eigenvalue weighted by Crippen LogP contribution is 2.55. The van der Waals surface area contributed by atoms with Gasteiger partial charge in [-0.05, 0) is 37.1 Å². The SMILES string of the molecule is O=C(NC[C@H]1[C@H]2CN(C3CCOCC3)C[C@]23CC[C@H]1O3)c1ccsc1. The fourth-order valence-corrected chi connectivity index (χ4v) is 6.17. The molecule has 1 N–H and O–H groups in total. The second kappa shape index (κ2) is 6.34. The molecule has 4 aliphatic heterocycles. The number of rotatable bonds is 4. The van der Waals surface area contributed by atoms with Gasteiger partial charge in [-0.15, -0.1) is 0 Å². The van der Waals surface area contributed by atoms with Gasteiger partial charge < -0.3 is 14.8 Å². The van der Waals surface area contributed by atoms with Crippen LogP contribution in [-0.2, 0) is 9.47 Å². The molecule has 5 nitrogen and oxygen atoms in total. The number of likely N-dealkylation sites (tertiary alicyclic amines) is 1. The Morgan fingerprint density at radius 3 is 3.04 bits per heavy atom. The lowest BCUT2D eigenvalue weighted by Crippen LogP contribution is -2.41. The Balaban J connectivity index is 1.26. The van der Waals surface area contributed by atoms with Crippen molar-refractivity contribution in [2.24, 2.45) is 11.8 Å². The minimum Gasteiger partial charge on any atom is -0.381 e. The zero-order valence-electron chi connectivity index (χ0n) is 14.5. The van der Waals surface area contributed by atoms with E-state index in [-0.39, 0.29) is 11.5 Å². The molecule has 4 aliphatic rings. The van der Waals surface area contributed by atoms with Gasteiger partial charge in [0.2, 0.25) is 0 Å². The van der Waals surface area contributed by atoms with Crippen LogP contribution in [0, 0.1) is 11.8 Å². The van der Waals surface area contributed by atoms with Crippen molar-refractivity contribution in [3.05, 3.63) is 22.4 Å². The second-order valence-corrected chi connectivity index (χ2v) is 8.81. The number of carbonyl (C=O) groups excluding carboxylic acids is 1. The Bertz CT molecular complexity index is 631. The van der Waals surface area contributed by atoms with Crippen molar-refractivity contribution < 1.29 is 14.3 Å². The van der Waals surface area contributed by atoms with Gasteiger partial charge in [-0.3, -0.25) is 9.69 Å². The average Bonchev–Trinajstić information content (AvgIpc) is 3.40. The van der Waals surface area contributed by atoms with E-state index in [2.05, 4.69) is 10.2 Å². The summed E-state index contributed by atoms with van der Waals surface area (Å²) < 4.78 is 12.0. The highest BCUT2D eigenvalue weighted by molar-refractivity contribution is 7.08. The lowest BCUT2D eigenvalue weighted by Gasteiger charge is -2.32. The Labute approximate surface area is 152 Å². The van der Waals surface area contributed by atoms with E-state index in [4.69, 9.17) is 9.47 Å². The monoisotopic (exact) mass is 362 g/mol. The fraction of sp³-hybridized carbons (Fsp3) is 0.737. The Morgan fingerprint density at radius 2 is 2.24 bits per heavy atom. The predicted octanol–water partition coefficient (Wildman–Crippen LogP) is 2.14. The Morgan fingerprint density at radius 1 is 1.36 bits per heavy atom. The minimum absolute atomic E-state index is 0.0531. The number of hydrogen-bond acceptors (Lipinski definition) is 5. The summed E-state index contributed by atoms with van der Waals surface area (Å²) in [6.07, 6.45) is 4.97. The fourth-order valence-electron chi connectivity index (χ4n) is 5.53. The van der Waals surface area contributed by atoms with Crippen molar-refractivity contribution >= 4 is 17.2 Å². The zero-order chi connectivity index (χ0) is 16.9. The van der Waals surface area contributed by atoms with E-state index in [9.17, 15) is 4.79 Å². The molecule has 136 valence electrons. The third-order valence-corrected chi connectivity index (χ3v) is 7.48. The molecule has 2 bridgehead atoms. The number of hydrogen-bond donors (Lipinski definition) is 1. The van der Waals surface area contributed by atoms with Crippen LogP contribution < -0.4 is 5.32 Å².